The van der Waals surface area contributed by atoms with Crippen LogP contribution in [0.15, 0.2) is 48.5 Å². The van der Waals surface area contributed by atoms with Crippen molar-refractivity contribution in [2.24, 2.45) is 0 Å². The van der Waals surface area contributed by atoms with Crippen LogP contribution in [0.5, 0.6) is 0 Å². The Labute approximate surface area is 171 Å². The highest BCUT2D eigenvalue weighted by atomic mass is 35.5. The predicted octanol–water partition coefficient (Wildman–Crippen LogP) is 3.82. The number of para-hydroxylation sites is 1. The number of nitrogens with zero attached hydrogens (tertiary/aromatic N) is 1. The van der Waals surface area contributed by atoms with Gasteiger partial charge in [0.25, 0.3) is 5.91 Å². The van der Waals surface area contributed by atoms with E-state index in [2.05, 4.69) is 10.6 Å². The number of carbonyl (C=O) groups is 2. The third-order valence-corrected chi connectivity index (χ3v) is 4.91. The number of nitrogens with two attached hydrogens (primary N) is 1. The van der Waals surface area contributed by atoms with Gasteiger partial charge in [0.2, 0.25) is 0 Å². The molecule has 1 fully saturated rings. The molecule has 0 aliphatic carbocycles. The lowest BCUT2D eigenvalue weighted by molar-refractivity contribution is 0.0614. The zero-order valence-electron chi connectivity index (χ0n) is 16.0. The molecule has 0 bridgehead atoms. The van der Waals surface area contributed by atoms with Gasteiger partial charge in [-0.15, -0.1) is 12.4 Å². The SMILES string of the molecule is Cc1ccc(N)cc1C(=O)N1CCCCC1CNC(=O)Nc1ccccc1.Cl. The lowest BCUT2D eigenvalue weighted by Crippen LogP contribution is -2.50. The Balaban J connectivity index is 0.00000280. The molecule has 0 spiro atoms. The summed E-state index contributed by atoms with van der Waals surface area (Å²) in [6.07, 6.45) is 2.89. The van der Waals surface area contributed by atoms with E-state index in [1.807, 2.05) is 48.2 Å². The van der Waals surface area contributed by atoms with Gasteiger partial charge >= 0.3 is 6.03 Å². The summed E-state index contributed by atoms with van der Waals surface area (Å²) in [6, 6.07) is 14.4. The second-order valence-electron chi connectivity index (χ2n) is 6.92. The molecule has 1 aliphatic heterocycles. The van der Waals surface area contributed by atoms with E-state index >= 15 is 0 Å². The monoisotopic (exact) mass is 402 g/mol. The van der Waals surface area contributed by atoms with Crippen LogP contribution in [0.1, 0.15) is 35.2 Å². The summed E-state index contributed by atoms with van der Waals surface area (Å²) in [7, 11) is 0. The lowest BCUT2D eigenvalue weighted by atomic mass is 9.99. The van der Waals surface area contributed by atoms with Crippen LogP contribution in [0.2, 0.25) is 0 Å². The van der Waals surface area contributed by atoms with Crippen molar-refractivity contribution in [1.29, 1.82) is 0 Å². The fourth-order valence-electron chi connectivity index (χ4n) is 3.41. The Morgan fingerprint density at radius 1 is 1.14 bits per heavy atom. The summed E-state index contributed by atoms with van der Waals surface area (Å²) in [5, 5.41) is 5.70. The molecular weight excluding hydrogens is 376 g/mol. The number of benzene rings is 2. The Morgan fingerprint density at radius 3 is 2.64 bits per heavy atom. The molecule has 1 saturated heterocycles. The summed E-state index contributed by atoms with van der Waals surface area (Å²) in [6.45, 7) is 3.03. The highest BCUT2D eigenvalue weighted by molar-refractivity contribution is 5.97. The maximum Gasteiger partial charge on any atom is 0.319 e. The van der Waals surface area contributed by atoms with Gasteiger partial charge in [-0.3, -0.25) is 4.79 Å². The van der Waals surface area contributed by atoms with Crippen LogP contribution in [0, 0.1) is 6.92 Å². The van der Waals surface area contributed by atoms with Gasteiger partial charge in [-0.2, -0.15) is 0 Å². The molecule has 2 aromatic carbocycles. The molecule has 0 radical (unpaired) electrons. The molecule has 4 N–H and O–H groups in total. The topological polar surface area (TPSA) is 87.5 Å². The summed E-state index contributed by atoms with van der Waals surface area (Å²) in [5.74, 6) is -0.0187. The van der Waals surface area contributed by atoms with E-state index in [1.165, 1.54) is 0 Å². The number of halogens is 1. The molecule has 1 heterocycles. The molecule has 0 saturated carbocycles. The molecule has 3 amide bonds. The average molecular weight is 403 g/mol. The van der Waals surface area contributed by atoms with E-state index in [0.717, 1.165) is 30.5 Å². The molecule has 1 unspecified atom stereocenters. The lowest BCUT2D eigenvalue weighted by Gasteiger charge is -2.36. The average Bonchev–Trinajstić information content (AvgIpc) is 2.69. The number of hydrogen-bond donors (Lipinski definition) is 3. The zero-order chi connectivity index (χ0) is 19.2. The smallest absolute Gasteiger partial charge is 0.319 e. The van der Waals surface area contributed by atoms with Crippen LogP contribution in [0.4, 0.5) is 16.2 Å². The van der Waals surface area contributed by atoms with Crippen molar-refractivity contribution in [3.8, 4) is 0 Å². The third-order valence-electron chi connectivity index (χ3n) is 4.91. The number of rotatable bonds is 4. The largest absolute Gasteiger partial charge is 0.399 e. The summed E-state index contributed by atoms with van der Waals surface area (Å²) in [5.41, 5.74) is 8.73. The van der Waals surface area contributed by atoms with E-state index in [4.69, 9.17) is 5.73 Å². The summed E-state index contributed by atoms with van der Waals surface area (Å²) < 4.78 is 0. The highest BCUT2D eigenvalue weighted by Gasteiger charge is 2.28. The van der Waals surface area contributed by atoms with Gasteiger partial charge in [0.1, 0.15) is 0 Å². The molecule has 2 aromatic rings. The van der Waals surface area contributed by atoms with Crippen molar-refractivity contribution >= 4 is 35.7 Å². The maximum absolute atomic E-state index is 13.1. The number of likely N-dealkylation sites (tertiary alicyclic amines) is 1. The van der Waals surface area contributed by atoms with Crippen molar-refractivity contribution in [2.45, 2.75) is 32.2 Å². The minimum atomic E-state index is -0.265. The normalized spacial score (nSPS) is 16.0. The number of amides is 3. The molecule has 3 rings (SSSR count). The van der Waals surface area contributed by atoms with Gasteiger partial charge in [0.15, 0.2) is 0 Å². The van der Waals surface area contributed by atoms with Crippen LogP contribution >= 0.6 is 12.4 Å². The van der Waals surface area contributed by atoms with Crippen LogP contribution in [-0.2, 0) is 0 Å². The van der Waals surface area contributed by atoms with Crippen molar-refractivity contribution < 1.29 is 9.59 Å². The molecule has 28 heavy (non-hydrogen) atoms. The molecule has 0 aromatic heterocycles. The highest BCUT2D eigenvalue weighted by Crippen LogP contribution is 2.22. The second-order valence-corrected chi connectivity index (χ2v) is 6.92. The number of carbonyl (C=O) groups excluding carboxylic acids is 2. The zero-order valence-corrected chi connectivity index (χ0v) is 16.8. The van der Waals surface area contributed by atoms with Gasteiger partial charge in [-0.1, -0.05) is 24.3 Å². The summed E-state index contributed by atoms with van der Waals surface area (Å²) >= 11 is 0. The van der Waals surface area contributed by atoms with Crippen LogP contribution in [0.3, 0.4) is 0 Å². The number of aryl methyl sites for hydroxylation is 1. The number of urea groups is 1. The third kappa shape index (κ3) is 5.39. The van der Waals surface area contributed by atoms with Gasteiger partial charge in [-0.05, 0) is 56.0 Å². The standard InChI is InChI=1S/C21H26N4O2.ClH/c1-15-10-11-16(22)13-19(15)20(26)25-12-6-5-9-18(25)14-23-21(27)24-17-7-3-2-4-8-17;/h2-4,7-8,10-11,13,18H,5-6,9,12,14,22H2,1H3,(H2,23,24,27);1H. The van der Waals surface area contributed by atoms with E-state index < -0.39 is 0 Å². The first-order chi connectivity index (χ1) is 13.0. The first-order valence-corrected chi connectivity index (χ1v) is 9.31. The Hall–Kier alpha value is -2.73. The molecule has 150 valence electrons. The van der Waals surface area contributed by atoms with Crippen LogP contribution < -0.4 is 16.4 Å². The van der Waals surface area contributed by atoms with Crippen molar-refractivity contribution in [3.63, 3.8) is 0 Å². The van der Waals surface area contributed by atoms with E-state index in [-0.39, 0.29) is 30.4 Å². The van der Waals surface area contributed by atoms with Gasteiger partial charge in [0.05, 0.1) is 0 Å². The number of anilines is 2. The van der Waals surface area contributed by atoms with Crippen molar-refractivity contribution in [2.75, 3.05) is 24.1 Å². The van der Waals surface area contributed by atoms with E-state index in [1.54, 1.807) is 12.1 Å². The van der Waals surface area contributed by atoms with Gasteiger partial charge in [-0.25, -0.2) is 4.79 Å². The minimum absolute atomic E-state index is 0. The fraction of sp³-hybridized carbons (Fsp3) is 0.333. The second kappa shape index (κ2) is 9.99. The number of nitrogens with one attached hydrogen (secondary N) is 2. The molecular formula is C21H27ClN4O2. The molecule has 7 heteroatoms. The number of nitrogen functional groups attached to an aromatic ring is 1. The van der Waals surface area contributed by atoms with E-state index in [9.17, 15) is 9.59 Å². The Morgan fingerprint density at radius 2 is 1.89 bits per heavy atom. The fourth-order valence-corrected chi connectivity index (χ4v) is 3.41. The van der Waals surface area contributed by atoms with E-state index in [0.29, 0.717) is 24.3 Å². The Bertz CT molecular complexity index is 813. The maximum atomic E-state index is 13.1. The molecule has 1 atom stereocenters. The number of hydrogen-bond acceptors (Lipinski definition) is 3. The first-order valence-electron chi connectivity index (χ1n) is 9.31. The Kier molecular flexibility index (Phi) is 7.70. The van der Waals surface area contributed by atoms with Crippen molar-refractivity contribution in [1.82, 2.24) is 10.2 Å². The van der Waals surface area contributed by atoms with Gasteiger partial charge < -0.3 is 21.3 Å². The van der Waals surface area contributed by atoms with Crippen LogP contribution in [0.25, 0.3) is 0 Å². The quantitative estimate of drug-likeness (QED) is 0.679. The van der Waals surface area contributed by atoms with Gasteiger partial charge in [0, 0.05) is 36.1 Å². The summed E-state index contributed by atoms with van der Waals surface area (Å²) in [4.78, 5) is 27.1. The molecule has 1 aliphatic rings. The predicted molar refractivity (Wildman–Crippen MR) is 115 cm³/mol. The number of piperidine rings is 1. The molecule has 6 nitrogen and oxygen atoms in total. The minimum Gasteiger partial charge on any atom is -0.399 e. The van der Waals surface area contributed by atoms with Crippen LogP contribution in [-0.4, -0.2) is 36.0 Å². The first kappa shape index (κ1) is 21.6. The van der Waals surface area contributed by atoms with Crippen molar-refractivity contribution in [3.05, 3.63) is 59.7 Å².